The molecular weight excluding hydrogens is 428 g/mol. The standard InChI is InChI=1S/C28H28N2O2S/c1-3-4-5-21-10-14-24(15-11-21)29-28-30-27(31)26(33-28)18-22-12-16-25(17-13-22)32-19-23-8-6-20(2)7-9-23/h6-18H,3-5,19H2,1-2H3,(H,29,30,31)/b26-18-. The molecular formula is C28H28N2O2S. The van der Waals surface area contributed by atoms with Gasteiger partial charge in [0.2, 0.25) is 0 Å². The molecule has 33 heavy (non-hydrogen) atoms. The average molecular weight is 457 g/mol. The normalized spacial score (nSPS) is 15.8. The zero-order chi connectivity index (χ0) is 23.0. The molecule has 168 valence electrons. The van der Waals surface area contributed by atoms with E-state index in [1.165, 1.54) is 35.7 Å². The van der Waals surface area contributed by atoms with E-state index < -0.39 is 0 Å². The van der Waals surface area contributed by atoms with Crippen molar-refractivity contribution in [2.75, 3.05) is 0 Å². The molecule has 0 spiro atoms. The molecule has 0 radical (unpaired) electrons. The summed E-state index contributed by atoms with van der Waals surface area (Å²) in [4.78, 5) is 17.6. The third-order valence-electron chi connectivity index (χ3n) is 5.34. The van der Waals surface area contributed by atoms with Crippen LogP contribution in [0.25, 0.3) is 6.08 Å². The van der Waals surface area contributed by atoms with E-state index in [9.17, 15) is 4.79 Å². The van der Waals surface area contributed by atoms with Crippen LogP contribution in [0.15, 0.2) is 82.7 Å². The van der Waals surface area contributed by atoms with Crippen molar-refractivity contribution in [2.45, 2.75) is 39.7 Å². The van der Waals surface area contributed by atoms with Gasteiger partial charge in [-0.3, -0.25) is 4.79 Å². The summed E-state index contributed by atoms with van der Waals surface area (Å²) in [7, 11) is 0. The van der Waals surface area contributed by atoms with E-state index in [-0.39, 0.29) is 5.91 Å². The quantitative estimate of drug-likeness (QED) is 0.379. The predicted molar refractivity (Wildman–Crippen MR) is 138 cm³/mol. The monoisotopic (exact) mass is 456 g/mol. The van der Waals surface area contributed by atoms with Crippen LogP contribution in [0.2, 0.25) is 0 Å². The molecule has 0 aliphatic carbocycles. The number of aryl methyl sites for hydroxylation is 2. The molecule has 5 heteroatoms. The first-order valence-electron chi connectivity index (χ1n) is 11.3. The lowest BCUT2D eigenvalue weighted by molar-refractivity contribution is -0.115. The maximum atomic E-state index is 12.4. The van der Waals surface area contributed by atoms with Crippen molar-refractivity contribution in [3.63, 3.8) is 0 Å². The fourth-order valence-corrected chi connectivity index (χ4v) is 4.22. The van der Waals surface area contributed by atoms with Crippen LogP contribution in [0.1, 0.15) is 42.0 Å². The third kappa shape index (κ3) is 6.59. The maximum Gasteiger partial charge on any atom is 0.264 e. The Hall–Kier alpha value is -3.31. The van der Waals surface area contributed by atoms with Crippen LogP contribution in [-0.4, -0.2) is 11.1 Å². The van der Waals surface area contributed by atoms with Crippen LogP contribution < -0.4 is 10.1 Å². The van der Waals surface area contributed by atoms with E-state index in [2.05, 4.69) is 60.6 Å². The van der Waals surface area contributed by atoms with Gasteiger partial charge in [-0.25, -0.2) is 4.99 Å². The Morgan fingerprint density at radius 3 is 2.33 bits per heavy atom. The minimum atomic E-state index is -0.127. The van der Waals surface area contributed by atoms with Crippen molar-refractivity contribution in [2.24, 2.45) is 4.99 Å². The molecule has 4 rings (SSSR count). The number of rotatable bonds is 8. The molecule has 1 N–H and O–H groups in total. The second kappa shape index (κ2) is 11.0. The number of hydrogen-bond acceptors (Lipinski definition) is 4. The number of hydrogen-bond donors (Lipinski definition) is 1. The molecule has 1 fully saturated rings. The van der Waals surface area contributed by atoms with Gasteiger partial charge in [-0.15, -0.1) is 0 Å². The maximum absolute atomic E-state index is 12.4. The number of thioether (sulfide) groups is 1. The van der Waals surface area contributed by atoms with Crippen molar-refractivity contribution < 1.29 is 9.53 Å². The van der Waals surface area contributed by atoms with Crippen molar-refractivity contribution in [1.29, 1.82) is 0 Å². The topological polar surface area (TPSA) is 50.7 Å². The number of nitrogens with one attached hydrogen (secondary N) is 1. The van der Waals surface area contributed by atoms with E-state index in [1.54, 1.807) is 0 Å². The van der Waals surface area contributed by atoms with Gasteiger partial charge in [0.25, 0.3) is 5.91 Å². The van der Waals surface area contributed by atoms with Crippen LogP contribution in [-0.2, 0) is 17.8 Å². The van der Waals surface area contributed by atoms with Crippen molar-refractivity contribution >= 4 is 34.6 Å². The van der Waals surface area contributed by atoms with Gasteiger partial charge in [0, 0.05) is 0 Å². The highest BCUT2D eigenvalue weighted by atomic mass is 32.2. The summed E-state index contributed by atoms with van der Waals surface area (Å²) in [5, 5.41) is 3.46. The van der Waals surface area contributed by atoms with E-state index in [4.69, 9.17) is 4.74 Å². The zero-order valence-corrected chi connectivity index (χ0v) is 19.8. The van der Waals surface area contributed by atoms with E-state index >= 15 is 0 Å². The zero-order valence-electron chi connectivity index (χ0n) is 19.0. The summed E-state index contributed by atoms with van der Waals surface area (Å²) in [5.74, 6) is 0.670. The van der Waals surface area contributed by atoms with Gasteiger partial charge in [-0.05, 0) is 78.6 Å². The Balaban J connectivity index is 1.36. The molecule has 0 atom stereocenters. The lowest BCUT2D eigenvalue weighted by Gasteiger charge is -2.07. The number of benzene rings is 3. The minimum absolute atomic E-state index is 0.127. The molecule has 0 aromatic heterocycles. The third-order valence-corrected chi connectivity index (χ3v) is 6.25. The van der Waals surface area contributed by atoms with Crippen LogP contribution >= 0.6 is 11.8 Å². The summed E-state index contributed by atoms with van der Waals surface area (Å²) in [6.07, 6.45) is 5.33. The summed E-state index contributed by atoms with van der Waals surface area (Å²) >= 11 is 1.36. The number of nitrogens with zero attached hydrogens (tertiary/aromatic N) is 1. The Labute approximate surface area is 199 Å². The Morgan fingerprint density at radius 1 is 0.939 bits per heavy atom. The summed E-state index contributed by atoms with van der Waals surface area (Å²) in [6.45, 7) is 4.79. The lowest BCUT2D eigenvalue weighted by Crippen LogP contribution is -2.19. The number of carbonyl (C=O) groups excluding carboxylic acids is 1. The van der Waals surface area contributed by atoms with Gasteiger partial charge < -0.3 is 10.1 Å². The second-order valence-corrected chi connectivity index (χ2v) is 9.13. The van der Waals surface area contributed by atoms with Gasteiger partial charge in [0.15, 0.2) is 5.17 Å². The molecule has 1 aliphatic rings. The van der Waals surface area contributed by atoms with Gasteiger partial charge >= 0.3 is 0 Å². The first-order chi connectivity index (χ1) is 16.1. The Morgan fingerprint density at radius 2 is 1.64 bits per heavy atom. The molecule has 0 saturated carbocycles. The largest absolute Gasteiger partial charge is 0.489 e. The molecule has 0 unspecified atom stereocenters. The molecule has 0 bridgehead atoms. The van der Waals surface area contributed by atoms with Crippen molar-refractivity contribution in [3.05, 3.63) is 100.0 Å². The predicted octanol–water partition coefficient (Wildman–Crippen LogP) is 6.81. The Bertz CT molecular complexity index is 1150. The molecule has 1 aliphatic heterocycles. The smallest absolute Gasteiger partial charge is 0.264 e. The first kappa shape index (κ1) is 22.9. The fraction of sp³-hybridized carbons (Fsp3) is 0.214. The van der Waals surface area contributed by atoms with Gasteiger partial charge in [-0.1, -0.05) is 67.4 Å². The summed E-state index contributed by atoms with van der Waals surface area (Å²) in [5.41, 5.74) is 5.47. The van der Waals surface area contributed by atoms with Crippen molar-refractivity contribution in [3.8, 4) is 5.75 Å². The highest BCUT2D eigenvalue weighted by Gasteiger charge is 2.23. The minimum Gasteiger partial charge on any atom is -0.489 e. The van der Waals surface area contributed by atoms with Crippen LogP contribution in [0, 0.1) is 6.92 Å². The average Bonchev–Trinajstić information content (AvgIpc) is 3.17. The lowest BCUT2D eigenvalue weighted by atomic mass is 10.1. The molecule has 1 saturated heterocycles. The number of aliphatic imine (C=N–C) groups is 1. The molecule has 4 nitrogen and oxygen atoms in total. The molecule has 3 aromatic rings. The van der Waals surface area contributed by atoms with E-state index in [1.807, 2.05) is 42.5 Å². The fourth-order valence-electron chi connectivity index (χ4n) is 3.38. The first-order valence-corrected chi connectivity index (χ1v) is 12.1. The van der Waals surface area contributed by atoms with Crippen LogP contribution in [0.3, 0.4) is 0 Å². The van der Waals surface area contributed by atoms with Crippen molar-refractivity contribution in [1.82, 2.24) is 5.32 Å². The van der Waals surface area contributed by atoms with E-state index in [0.29, 0.717) is 16.7 Å². The number of amidine groups is 1. The number of ether oxygens (including phenoxy) is 1. The number of unbranched alkanes of at least 4 members (excludes halogenated alkanes) is 1. The molecule has 1 amide bonds. The number of carbonyl (C=O) groups is 1. The highest BCUT2D eigenvalue weighted by Crippen LogP contribution is 2.28. The molecule has 1 heterocycles. The van der Waals surface area contributed by atoms with Gasteiger partial charge in [0.1, 0.15) is 12.4 Å². The van der Waals surface area contributed by atoms with E-state index in [0.717, 1.165) is 29.0 Å². The Kier molecular flexibility index (Phi) is 7.63. The number of amides is 1. The molecule has 3 aromatic carbocycles. The highest BCUT2D eigenvalue weighted by molar-refractivity contribution is 8.18. The van der Waals surface area contributed by atoms with Gasteiger partial charge in [-0.2, -0.15) is 0 Å². The van der Waals surface area contributed by atoms with Crippen LogP contribution in [0.5, 0.6) is 5.75 Å². The SMILES string of the molecule is CCCCc1ccc(N=C2NC(=O)/C(=C/c3ccc(OCc4ccc(C)cc4)cc3)S2)cc1. The summed E-state index contributed by atoms with van der Waals surface area (Å²) < 4.78 is 5.87. The second-order valence-electron chi connectivity index (χ2n) is 8.10. The van der Waals surface area contributed by atoms with Crippen LogP contribution in [0.4, 0.5) is 5.69 Å². The summed E-state index contributed by atoms with van der Waals surface area (Å²) in [6, 6.07) is 24.3. The van der Waals surface area contributed by atoms with Gasteiger partial charge in [0.05, 0.1) is 10.6 Å².